The number of carbonyl (C=O) groups excluding carboxylic acids is 1. The van der Waals surface area contributed by atoms with Crippen molar-refractivity contribution in [3.05, 3.63) is 29.3 Å². The lowest BCUT2D eigenvalue weighted by atomic mass is 10.1. The molecule has 1 atom stereocenters. The topological polar surface area (TPSA) is 75.3 Å². The number of rotatable bonds is 7. The number of hydrogen-bond donors (Lipinski definition) is 2. The Balaban J connectivity index is 2.69. The minimum Gasteiger partial charge on any atom is -0.324 e. The van der Waals surface area contributed by atoms with Gasteiger partial charge >= 0.3 is 0 Å². The molecule has 5 nitrogen and oxygen atoms in total. The standard InChI is InChI=1S/C15H24N2O3S/c1-5-6-9-21(19,20)17-13(4)15(18)16-14-10-11(2)7-8-12(14)3/h7-8,10,13,17H,5-6,9H2,1-4H3,(H,16,18)/t13-/m1/s1. The van der Waals surface area contributed by atoms with E-state index in [1.54, 1.807) is 6.92 Å². The van der Waals surface area contributed by atoms with Crippen LogP contribution in [0.1, 0.15) is 37.8 Å². The third-order valence-corrected chi connectivity index (χ3v) is 4.71. The maximum Gasteiger partial charge on any atom is 0.242 e. The number of sulfonamides is 1. The molecule has 1 rings (SSSR count). The second-order valence-electron chi connectivity index (χ2n) is 5.32. The van der Waals surface area contributed by atoms with E-state index in [-0.39, 0.29) is 11.7 Å². The van der Waals surface area contributed by atoms with Crippen LogP contribution in [0.4, 0.5) is 5.69 Å². The summed E-state index contributed by atoms with van der Waals surface area (Å²) in [4.78, 5) is 12.1. The van der Waals surface area contributed by atoms with Crippen LogP contribution in [0, 0.1) is 13.8 Å². The molecular weight excluding hydrogens is 288 g/mol. The first-order valence-electron chi connectivity index (χ1n) is 7.13. The molecule has 0 aliphatic heterocycles. The highest BCUT2D eigenvalue weighted by Gasteiger charge is 2.20. The maximum atomic E-state index is 12.1. The van der Waals surface area contributed by atoms with Gasteiger partial charge < -0.3 is 5.32 Å². The number of carbonyl (C=O) groups is 1. The van der Waals surface area contributed by atoms with Gasteiger partial charge in [-0.1, -0.05) is 25.5 Å². The second kappa shape index (κ2) is 7.56. The van der Waals surface area contributed by atoms with Crippen LogP contribution < -0.4 is 10.0 Å². The molecule has 0 saturated carbocycles. The van der Waals surface area contributed by atoms with Crippen LogP contribution in [-0.4, -0.2) is 26.1 Å². The van der Waals surface area contributed by atoms with Crippen molar-refractivity contribution in [3.8, 4) is 0 Å². The first-order chi connectivity index (χ1) is 9.75. The summed E-state index contributed by atoms with van der Waals surface area (Å²) in [6.45, 7) is 7.30. The van der Waals surface area contributed by atoms with Crippen molar-refractivity contribution >= 4 is 21.6 Å². The monoisotopic (exact) mass is 312 g/mol. The summed E-state index contributed by atoms with van der Waals surface area (Å²) in [5.74, 6) is -0.311. The molecular formula is C15H24N2O3S. The van der Waals surface area contributed by atoms with E-state index >= 15 is 0 Å². The van der Waals surface area contributed by atoms with E-state index in [1.807, 2.05) is 39.0 Å². The van der Waals surface area contributed by atoms with Gasteiger partial charge in [0.1, 0.15) is 0 Å². The Morgan fingerprint density at radius 1 is 1.29 bits per heavy atom. The van der Waals surface area contributed by atoms with Crippen LogP contribution in [0.25, 0.3) is 0 Å². The average molecular weight is 312 g/mol. The van der Waals surface area contributed by atoms with E-state index in [0.29, 0.717) is 12.1 Å². The fourth-order valence-electron chi connectivity index (χ4n) is 1.83. The minimum atomic E-state index is -3.41. The Morgan fingerprint density at radius 3 is 2.57 bits per heavy atom. The summed E-state index contributed by atoms with van der Waals surface area (Å²) in [5.41, 5.74) is 2.68. The summed E-state index contributed by atoms with van der Waals surface area (Å²) < 4.78 is 26.0. The highest BCUT2D eigenvalue weighted by atomic mass is 32.2. The van der Waals surface area contributed by atoms with E-state index in [0.717, 1.165) is 17.5 Å². The van der Waals surface area contributed by atoms with Gasteiger partial charge in [0.2, 0.25) is 15.9 Å². The van der Waals surface area contributed by atoms with Gasteiger partial charge in [-0.3, -0.25) is 4.79 Å². The first-order valence-corrected chi connectivity index (χ1v) is 8.78. The molecule has 0 bridgehead atoms. The predicted octanol–water partition coefficient (Wildman–Crippen LogP) is 2.35. The quantitative estimate of drug-likeness (QED) is 0.811. The predicted molar refractivity (Wildman–Crippen MR) is 85.8 cm³/mol. The summed E-state index contributed by atoms with van der Waals surface area (Å²) in [6, 6.07) is 4.95. The molecule has 1 amide bonds. The fraction of sp³-hybridized carbons (Fsp3) is 0.533. The average Bonchev–Trinajstić information content (AvgIpc) is 2.40. The van der Waals surface area contributed by atoms with Gasteiger partial charge in [0.25, 0.3) is 0 Å². The van der Waals surface area contributed by atoms with Gasteiger partial charge in [-0.25, -0.2) is 13.1 Å². The van der Waals surface area contributed by atoms with Crippen molar-refractivity contribution in [2.45, 2.75) is 46.6 Å². The van der Waals surface area contributed by atoms with Crippen LogP contribution in [0.3, 0.4) is 0 Å². The molecule has 6 heteroatoms. The van der Waals surface area contributed by atoms with Crippen molar-refractivity contribution < 1.29 is 13.2 Å². The number of amides is 1. The second-order valence-corrected chi connectivity index (χ2v) is 7.19. The molecule has 0 heterocycles. The van der Waals surface area contributed by atoms with Gasteiger partial charge in [0, 0.05) is 5.69 Å². The summed E-state index contributed by atoms with van der Waals surface area (Å²) >= 11 is 0. The lowest BCUT2D eigenvalue weighted by molar-refractivity contribution is -0.117. The van der Waals surface area contributed by atoms with Crippen molar-refractivity contribution in [1.82, 2.24) is 4.72 Å². The number of unbranched alkanes of at least 4 members (excludes halogenated alkanes) is 1. The van der Waals surface area contributed by atoms with E-state index in [9.17, 15) is 13.2 Å². The summed E-state index contributed by atoms with van der Waals surface area (Å²) in [5, 5.41) is 2.76. The molecule has 0 aliphatic carbocycles. The molecule has 0 aromatic heterocycles. The molecule has 1 aromatic rings. The zero-order chi connectivity index (χ0) is 16.0. The Hall–Kier alpha value is -1.40. The first kappa shape index (κ1) is 17.7. The molecule has 118 valence electrons. The van der Waals surface area contributed by atoms with Crippen LogP contribution >= 0.6 is 0 Å². The lowest BCUT2D eigenvalue weighted by Crippen LogP contribution is -2.42. The molecule has 0 aliphatic rings. The SMILES string of the molecule is CCCCS(=O)(=O)N[C@H](C)C(=O)Nc1cc(C)ccc1C. The largest absolute Gasteiger partial charge is 0.324 e. The van der Waals surface area contributed by atoms with Crippen LogP contribution in [0.15, 0.2) is 18.2 Å². The molecule has 2 N–H and O–H groups in total. The van der Waals surface area contributed by atoms with Crippen LogP contribution in [-0.2, 0) is 14.8 Å². The zero-order valence-corrected chi connectivity index (χ0v) is 13.9. The lowest BCUT2D eigenvalue weighted by Gasteiger charge is -2.15. The zero-order valence-electron chi connectivity index (χ0n) is 13.1. The number of nitrogens with one attached hydrogen (secondary N) is 2. The van der Waals surface area contributed by atoms with E-state index in [4.69, 9.17) is 0 Å². The third-order valence-electron chi connectivity index (χ3n) is 3.17. The van der Waals surface area contributed by atoms with Crippen molar-refractivity contribution in [2.24, 2.45) is 0 Å². The molecule has 0 unspecified atom stereocenters. The highest BCUT2D eigenvalue weighted by Crippen LogP contribution is 2.16. The summed E-state index contributed by atoms with van der Waals surface area (Å²) in [7, 11) is -3.41. The third kappa shape index (κ3) is 5.85. The van der Waals surface area contributed by atoms with Crippen molar-refractivity contribution in [3.63, 3.8) is 0 Å². The number of anilines is 1. The number of aryl methyl sites for hydroxylation is 2. The maximum absolute atomic E-state index is 12.1. The van der Waals surface area contributed by atoms with E-state index < -0.39 is 16.1 Å². The van der Waals surface area contributed by atoms with E-state index in [1.165, 1.54) is 0 Å². The van der Waals surface area contributed by atoms with Crippen molar-refractivity contribution in [1.29, 1.82) is 0 Å². The van der Waals surface area contributed by atoms with E-state index in [2.05, 4.69) is 10.0 Å². The smallest absolute Gasteiger partial charge is 0.242 e. The molecule has 0 radical (unpaired) electrons. The van der Waals surface area contributed by atoms with Gasteiger partial charge in [-0.15, -0.1) is 0 Å². The van der Waals surface area contributed by atoms with Gasteiger partial charge in [-0.2, -0.15) is 0 Å². The van der Waals surface area contributed by atoms with Crippen LogP contribution in [0.5, 0.6) is 0 Å². The van der Waals surface area contributed by atoms with Gasteiger partial charge in [-0.05, 0) is 44.4 Å². The Labute approximate surface area is 127 Å². The number of hydrogen-bond acceptors (Lipinski definition) is 3. The molecule has 0 spiro atoms. The van der Waals surface area contributed by atoms with Crippen molar-refractivity contribution in [2.75, 3.05) is 11.1 Å². The molecule has 1 aromatic carbocycles. The fourth-order valence-corrected chi connectivity index (χ4v) is 3.26. The Bertz CT molecular complexity index is 597. The molecule has 0 saturated heterocycles. The Morgan fingerprint density at radius 2 is 1.95 bits per heavy atom. The minimum absolute atomic E-state index is 0.0462. The van der Waals surface area contributed by atoms with Crippen LogP contribution in [0.2, 0.25) is 0 Å². The van der Waals surface area contributed by atoms with Gasteiger partial charge in [0.05, 0.1) is 11.8 Å². The Kier molecular flexibility index (Phi) is 6.36. The molecule has 21 heavy (non-hydrogen) atoms. The highest BCUT2D eigenvalue weighted by molar-refractivity contribution is 7.89. The van der Waals surface area contributed by atoms with Gasteiger partial charge in [0.15, 0.2) is 0 Å². The number of benzene rings is 1. The molecule has 0 fully saturated rings. The summed E-state index contributed by atoms with van der Waals surface area (Å²) in [6.07, 6.45) is 1.38. The normalized spacial score (nSPS) is 13.0.